The van der Waals surface area contributed by atoms with Crippen LogP contribution in [-0.4, -0.2) is 110 Å². The Labute approximate surface area is 196 Å². The maximum atomic E-state index is 13.4. The van der Waals surface area contributed by atoms with Gasteiger partial charge in [0.25, 0.3) is 5.91 Å². The number of fused-ring (bicyclic) bond motifs is 1. The van der Waals surface area contributed by atoms with E-state index < -0.39 is 0 Å². The zero-order valence-corrected chi connectivity index (χ0v) is 20.2. The van der Waals surface area contributed by atoms with Crippen LogP contribution in [0.25, 0.3) is 0 Å². The number of benzene rings is 1. The van der Waals surface area contributed by atoms with Crippen LogP contribution in [0.3, 0.4) is 0 Å². The molecule has 1 aromatic rings. The molecule has 1 aromatic carbocycles. The number of aliphatic hydroxyl groups is 1. The first-order chi connectivity index (χ1) is 15.8. The summed E-state index contributed by atoms with van der Waals surface area (Å²) in [7, 11) is 3.98. The quantitative estimate of drug-likeness (QED) is 0.598. The molecule has 2 aliphatic heterocycles. The Hall–Kier alpha value is -2.20. The second-order valence-corrected chi connectivity index (χ2v) is 9.35. The predicted molar refractivity (Wildman–Crippen MR) is 127 cm³/mol. The van der Waals surface area contributed by atoms with Crippen LogP contribution in [0, 0.1) is 5.92 Å². The molecule has 184 valence electrons. The molecule has 2 amide bonds. The highest BCUT2D eigenvalue weighted by atomic mass is 16.5. The van der Waals surface area contributed by atoms with Crippen LogP contribution in [0.4, 0.5) is 5.69 Å². The average molecular weight is 463 g/mol. The van der Waals surface area contributed by atoms with E-state index in [1.54, 1.807) is 23.1 Å². The highest BCUT2D eigenvalue weighted by Crippen LogP contribution is 2.30. The fourth-order valence-corrected chi connectivity index (χ4v) is 4.19. The van der Waals surface area contributed by atoms with E-state index in [0.29, 0.717) is 56.3 Å². The number of nitrogens with one attached hydrogen (secondary N) is 1. The number of carbonyl (C=O) groups excluding carboxylic acids is 2. The smallest absolute Gasteiger partial charge is 0.258 e. The molecule has 0 saturated carbocycles. The van der Waals surface area contributed by atoms with Gasteiger partial charge in [-0.2, -0.15) is 0 Å². The Morgan fingerprint density at radius 2 is 2.03 bits per heavy atom. The second kappa shape index (κ2) is 11.8. The number of anilines is 1. The summed E-state index contributed by atoms with van der Waals surface area (Å²) < 4.78 is 11.6. The highest BCUT2D eigenvalue weighted by Gasteiger charge is 2.33. The Kier molecular flexibility index (Phi) is 9.08. The summed E-state index contributed by atoms with van der Waals surface area (Å²) >= 11 is 0. The predicted octanol–water partition coefficient (Wildman–Crippen LogP) is 1.13. The Balaban J connectivity index is 1.78. The third-order valence-electron chi connectivity index (χ3n) is 6.25. The van der Waals surface area contributed by atoms with Crippen molar-refractivity contribution in [3.63, 3.8) is 0 Å². The van der Waals surface area contributed by atoms with E-state index in [0.717, 1.165) is 13.1 Å². The van der Waals surface area contributed by atoms with Crippen LogP contribution < -0.4 is 10.1 Å². The van der Waals surface area contributed by atoms with Crippen molar-refractivity contribution in [2.24, 2.45) is 5.92 Å². The second-order valence-electron chi connectivity index (χ2n) is 9.35. The monoisotopic (exact) mass is 462 g/mol. The molecule has 9 nitrogen and oxygen atoms in total. The lowest BCUT2D eigenvalue weighted by atomic mass is 9.99. The third kappa shape index (κ3) is 6.89. The SMILES string of the molecule is C[C@H]1CN([C@@H](C)CO)C(=O)c2cc(NC(=O)CCN3CCOCC3)ccc2O[C@@H]1CN(C)C. The molecular weight excluding hydrogens is 424 g/mol. The molecule has 9 heteroatoms. The molecular formula is C24H38N4O5. The number of likely N-dealkylation sites (N-methyl/N-ethyl adjacent to an activating group) is 1. The van der Waals surface area contributed by atoms with Crippen LogP contribution in [0.5, 0.6) is 5.75 Å². The number of carbonyl (C=O) groups is 2. The Bertz CT molecular complexity index is 812. The molecule has 0 unspecified atom stereocenters. The van der Waals surface area contributed by atoms with Crippen molar-refractivity contribution >= 4 is 17.5 Å². The fourth-order valence-electron chi connectivity index (χ4n) is 4.19. The minimum absolute atomic E-state index is 0.0815. The van der Waals surface area contributed by atoms with E-state index in [4.69, 9.17) is 9.47 Å². The van der Waals surface area contributed by atoms with Gasteiger partial charge < -0.3 is 29.7 Å². The summed E-state index contributed by atoms with van der Waals surface area (Å²) in [6.07, 6.45) is 0.256. The topological polar surface area (TPSA) is 94.6 Å². The lowest BCUT2D eigenvalue weighted by molar-refractivity contribution is -0.116. The van der Waals surface area contributed by atoms with Crippen molar-refractivity contribution in [3.05, 3.63) is 23.8 Å². The van der Waals surface area contributed by atoms with Crippen LogP contribution in [0.15, 0.2) is 18.2 Å². The Morgan fingerprint density at radius 1 is 1.30 bits per heavy atom. The van der Waals surface area contributed by atoms with Gasteiger partial charge in [-0.3, -0.25) is 14.5 Å². The summed E-state index contributed by atoms with van der Waals surface area (Å²) in [5.41, 5.74) is 0.962. The Morgan fingerprint density at radius 3 is 2.70 bits per heavy atom. The number of nitrogens with zero attached hydrogens (tertiary/aromatic N) is 3. The summed E-state index contributed by atoms with van der Waals surface area (Å²) in [5.74, 6) is 0.282. The van der Waals surface area contributed by atoms with Gasteiger partial charge in [0.1, 0.15) is 11.9 Å². The van der Waals surface area contributed by atoms with Crippen molar-refractivity contribution < 1.29 is 24.2 Å². The van der Waals surface area contributed by atoms with Crippen molar-refractivity contribution in [3.8, 4) is 5.75 Å². The molecule has 0 aromatic heterocycles. The fraction of sp³-hybridized carbons (Fsp3) is 0.667. The summed E-state index contributed by atoms with van der Waals surface area (Å²) in [5, 5.41) is 12.7. The lowest BCUT2D eigenvalue weighted by Gasteiger charge is -2.37. The standard InChI is InChI=1S/C24H38N4O5/c1-17-14-28(18(2)16-29)24(31)20-13-19(5-6-21(20)33-22(17)15-26(3)4)25-23(30)7-8-27-9-11-32-12-10-27/h5-6,13,17-18,22,29H,7-12,14-16H2,1-4H3,(H,25,30)/t17-,18-,22+/m0/s1. The van der Waals surface area contributed by atoms with Crippen LogP contribution in [-0.2, 0) is 9.53 Å². The number of aliphatic hydroxyl groups excluding tert-OH is 1. The van der Waals surface area contributed by atoms with Crippen LogP contribution in [0.1, 0.15) is 30.6 Å². The van der Waals surface area contributed by atoms with Gasteiger partial charge in [0.05, 0.1) is 31.4 Å². The first-order valence-electron chi connectivity index (χ1n) is 11.8. The van der Waals surface area contributed by atoms with Crippen molar-refractivity contribution in [2.75, 3.05) is 72.0 Å². The molecule has 1 saturated heterocycles. The normalized spacial score (nSPS) is 22.8. The van der Waals surface area contributed by atoms with Crippen molar-refractivity contribution in [1.82, 2.24) is 14.7 Å². The van der Waals surface area contributed by atoms with E-state index in [1.165, 1.54) is 0 Å². The molecule has 3 atom stereocenters. The largest absolute Gasteiger partial charge is 0.488 e. The van der Waals surface area contributed by atoms with Gasteiger partial charge in [-0.05, 0) is 39.2 Å². The van der Waals surface area contributed by atoms with Gasteiger partial charge in [0, 0.05) is 50.7 Å². The zero-order valence-electron chi connectivity index (χ0n) is 20.2. The van der Waals surface area contributed by atoms with Crippen LogP contribution >= 0.6 is 0 Å². The maximum Gasteiger partial charge on any atom is 0.258 e. The number of amides is 2. The zero-order chi connectivity index (χ0) is 24.0. The maximum absolute atomic E-state index is 13.4. The molecule has 2 aliphatic rings. The van der Waals surface area contributed by atoms with Gasteiger partial charge >= 0.3 is 0 Å². The number of ether oxygens (including phenoxy) is 2. The molecule has 2 heterocycles. The van der Waals surface area contributed by atoms with Gasteiger partial charge in [0.15, 0.2) is 0 Å². The summed E-state index contributed by atoms with van der Waals surface area (Å²) in [6.45, 7) is 8.71. The molecule has 0 bridgehead atoms. The molecule has 3 rings (SSSR count). The van der Waals surface area contributed by atoms with Crippen molar-refractivity contribution in [1.29, 1.82) is 0 Å². The van der Waals surface area contributed by atoms with Crippen LogP contribution in [0.2, 0.25) is 0 Å². The van der Waals surface area contributed by atoms with E-state index >= 15 is 0 Å². The third-order valence-corrected chi connectivity index (χ3v) is 6.25. The number of hydrogen-bond acceptors (Lipinski definition) is 7. The van der Waals surface area contributed by atoms with Gasteiger partial charge in [-0.1, -0.05) is 6.92 Å². The first-order valence-corrected chi connectivity index (χ1v) is 11.8. The molecule has 0 spiro atoms. The number of rotatable bonds is 8. The molecule has 33 heavy (non-hydrogen) atoms. The number of hydrogen-bond donors (Lipinski definition) is 2. The van der Waals surface area contributed by atoms with E-state index in [1.807, 2.05) is 21.0 Å². The number of morpholine rings is 1. The van der Waals surface area contributed by atoms with Gasteiger partial charge in [0.2, 0.25) is 5.91 Å². The molecule has 1 fully saturated rings. The van der Waals surface area contributed by atoms with Gasteiger partial charge in [-0.15, -0.1) is 0 Å². The summed E-state index contributed by atoms with van der Waals surface area (Å²) in [6, 6.07) is 4.90. The van der Waals surface area contributed by atoms with Crippen molar-refractivity contribution in [2.45, 2.75) is 32.4 Å². The lowest BCUT2D eigenvalue weighted by Crippen LogP contribution is -2.49. The summed E-state index contributed by atoms with van der Waals surface area (Å²) in [4.78, 5) is 31.9. The minimum Gasteiger partial charge on any atom is -0.488 e. The molecule has 0 radical (unpaired) electrons. The van der Waals surface area contributed by atoms with E-state index in [9.17, 15) is 14.7 Å². The highest BCUT2D eigenvalue weighted by molar-refractivity contribution is 5.99. The molecule has 2 N–H and O–H groups in total. The first kappa shape index (κ1) is 25.4. The minimum atomic E-state index is -0.322. The molecule has 0 aliphatic carbocycles. The van der Waals surface area contributed by atoms with E-state index in [2.05, 4.69) is 22.0 Å². The van der Waals surface area contributed by atoms with Gasteiger partial charge in [-0.25, -0.2) is 0 Å². The van der Waals surface area contributed by atoms with E-state index in [-0.39, 0.29) is 36.5 Å². The average Bonchev–Trinajstić information content (AvgIpc) is 2.80.